The molecule has 86 valence electrons. The predicted octanol–water partition coefficient (Wildman–Crippen LogP) is 1.22. The van der Waals surface area contributed by atoms with Crippen LogP contribution < -0.4 is 5.32 Å². The highest BCUT2D eigenvalue weighted by Crippen LogP contribution is 2.21. The number of hydrogen-bond donors (Lipinski definition) is 1. The van der Waals surface area contributed by atoms with Gasteiger partial charge in [-0.25, -0.2) is 4.98 Å². The van der Waals surface area contributed by atoms with Crippen molar-refractivity contribution in [3.63, 3.8) is 0 Å². The predicted molar refractivity (Wildman–Crippen MR) is 60.0 cm³/mol. The standard InChI is InChI=1S/C11H16N4O/c1-8-9(4-5-16-8)10(12-2)6-11-13-7-14-15(11)3/h4-5,7,10,12H,6H2,1-3H3. The number of hydrogen-bond acceptors (Lipinski definition) is 4. The van der Waals surface area contributed by atoms with Crippen molar-refractivity contribution < 1.29 is 4.42 Å². The molecule has 0 bridgehead atoms. The van der Waals surface area contributed by atoms with Crippen LogP contribution in [0.4, 0.5) is 0 Å². The number of nitrogens with zero attached hydrogens (tertiary/aromatic N) is 3. The number of furan rings is 1. The summed E-state index contributed by atoms with van der Waals surface area (Å²) in [6.07, 6.45) is 4.09. The normalized spacial score (nSPS) is 12.9. The van der Waals surface area contributed by atoms with E-state index in [1.54, 1.807) is 17.3 Å². The maximum absolute atomic E-state index is 5.31. The van der Waals surface area contributed by atoms with Gasteiger partial charge in [0.05, 0.1) is 6.26 Å². The fourth-order valence-electron chi connectivity index (χ4n) is 1.81. The summed E-state index contributed by atoms with van der Waals surface area (Å²) in [6, 6.07) is 2.20. The van der Waals surface area contributed by atoms with Crippen molar-refractivity contribution in [3.8, 4) is 0 Å². The minimum absolute atomic E-state index is 0.210. The zero-order valence-corrected chi connectivity index (χ0v) is 9.77. The number of aromatic nitrogens is 3. The van der Waals surface area contributed by atoms with Gasteiger partial charge < -0.3 is 9.73 Å². The van der Waals surface area contributed by atoms with Crippen LogP contribution in [0.15, 0.2) is 23.1 Å². The topological polar surface area (TPSA) is 55.9 Å². The monoisotopic (exact) mass is 220 g/mol. The average molecular weight is 220 g/mol. The van der Waals surface area contributed by atoms with Crippen LogP contribution in [0.3, 0.4) is 0 Å². The lowest BCUT2D eigenvalue weighted by Gasteiger charge is -2.14. The summed E-state index contributed by atoms with van der Waals surface area (Å²) < 4.78 is 7.11. The summed E-state index contributed by atoms with van der Waals surface area (Å²) in [4.78, 5) is 4.22. The van der Waals surface area contributed by atoms with Gasteiger partial charge in [0.15, 0.2) is 0 Å². The van der Waals surface area contributed by atoms with Gasteiger partial charge >= 0.3 is 0 Å². The molecule has 0 radical (unpaired) electrons. The lowest BCUT2D eigenvalue weighted by atomic mass is 10.0. The summed E-state index contributed by atoms with van der Waals surface area (Å²) in [5.74, 6) is 1.90. The number of rotatable bonds is 4. The molecule has 2 heterocycles. The van der Waals surface area contributed by atoms with Gasteiger partial charge in [-0.2, -0.15) is 5.10 Å². The summed E-state index contributed by atoms with van der Waals surface area (Å²) in [5.41, 5.74) is 1.17. The zero-order valence-electron chi connectivity index (χ0n) is 9.77. The van der Waals surface area contributed by atoms with E-state index in [-0.39, 0.29) is 6.04 Å². The Hall–Kier alpha value is -1.62. The van der Waals surface area contributed by atoms with E-state index in [1.165, 1.54) is 5.56 Å². The number of aryl methyl sites for hydroxylation is 2. The van der Waals surface area contributed by atoms with E-state index in [0.29, 0.717) is 0 Å². The first-order valence-electron chi connectivity index (χ1n) is 5.26. The number of likely N-dealkylation sites (N-methyl/N-ethyl adjacent to an activating group) is 1. The molecule has 0 saturated carbocycles. The van der Waals surface area contributed by atoms with Crippen LogP contribution in [-0.4, -0.2) is 21.8 Å². The van der Waals surface area contributed by atoms with E-state index in [2.05, 4.69) is 15.4 Å². The fourth-order valence-corrected chi connectivity index (χ4v) is 1.81. The molecular formula is C11H16N4O. The molecule has 1 atom stereocenters. The Morgan fingerprint density at radius 2 is 2.38 bits per heavy atom. The molecule has 16 heavy (non-hydrogen) atoms. The molecule has 0 aliphatic heterocycles. The van der Waals surface area contributed by atoms with Crippen molar-refractivity contribution in [2.75, 3.05) is 7.05 Å². The lowest BCUT2D eigenvalue weighted by Crippen LogP contribution is -2.20. The lowest BCUT2D eigenvalue weighted by molar-refractivity contribution is 0.504. The van der Waals surface area contributed by atoms with E-state index in [9.17, 15) is 0 Å². The van der Waals surface area contributed by atoms with Gasteiger partial charge in [0.25, 0.3) is 0 Å². The molecule has 0 saturated heterocycles. The summed E-state index contributed by atoms with van der Waals surface area (Å²) in [7, 11) is 3.84. The molecule has 0 aliphatic rings. The second-order valence-corrected chi connectivity index (χ2v) is 3.78. The van der Waals surface area contributed by atoms with Crippen molar-refractivity contribution >= 4 is 0 Å². The minimum atomic E-state index is 0.210. The van der Waals surface area contributed by atoms with Gasteiger partial charge in [-0.1, -0.05) is 0 Å². The molecular weight excluding hydrogens is 204 g/mol. The molecule has 0 aliphatic carbocycles. The molecule has 5 heteroatoms. The van der Waals surface area contributed by atoms with Crippen LogP contribution in [0.25, 0.3) is 0 Å². The van der Waals surface area contributed by atoms with Gasteiger partial charge in [-0.15, -0.1) is 0 Å². The molecule has 2 rings (SSSR count). The van der Waals surface area contributed by atoms with E-state index < -0.39 is 0 Å². The van der Waals surface area contributed by atoms with Crippen LogP contribution in [0.2, 0.25) is 0 Å². The second kappa shape index (κ2) is 4.49. The molecule has 2 aromatic rings. The maximum atomic E-state index is 5.31. The Kier molecular flexibility index (Phi) is 3.05. The minimum Gasteiger partial charge on any atom is -0.469 e. The van der Waals surface area contributed by atoms with Crippen LogP contribution in [-0.2, 0) is 13.5 Å². The Morgan fingerprint density at radius 3 is 2.88 bits per heavy atom. The third kappa shape index (κ3) is 1.99. The van der Waals surface area contributed by atoms with Crippen molar-refractivity contribution in [2.24, 2.45) is 7.05 Å². The first kappa shape index (κ1) is 10.9. The maximum Gasteiger partial charge on any atom is 0.138 e. The van der Waals surface area contributed by atoms with E-state index in [1.807, 2.05) is 27.1 Å². The average Bonchev–Trinajstić information content (AvgIpc) is 2.85. The van der Waals surface area contributed by atoms with E-state index >= 15 is 0 Å². The Balaban J connectivity index is 2.19. The molecule has 1 N–H and O–H groups in total. The molecule has 0 aromatic carbocycles. The third-order valence-electron chi connectivity index (χ3n) is 2.81. The Morgan fingerprint density at radius 1 is 1.56 bits per heavy atom. The van der Waals surface area contributed by atoms with Crippen LogP contribution in [0, 0.1) is 6.92 Å². The quantitative estimate of drug-likeness (QED) is 0.841. The highest BCUT2D eigenvalue weighted by Gasteiger charge is 2.16. The zero-order chi connectivity index (χ0) is 11.5. The van der Waals surface area contributed by atoms with Crippen LogP contribution >= 0.6 is 0 Å². The summed E-state index contributed by atoms with van der Waals surface area (Å²) in [6.45, 7) is 1.97. The van der Waals surface area contributed by atoms with Crippen molar-refractivity contribution in [1.29, 1.82) is 0 Å². The highest BCUT2D eigenvalue weighted by molar-refractivity contribution is 5.21. The molecule has 1 unspecified atom stereocenters. The fraction of sp³-hybridized carbons (Fsp3) is 0.455. The molecule has 0 spiro atoms. The highest BCUT2D eigenvalue weighted by atomic mass is 16.3. The molecule has 2 aromatic heterocycles. The summed E-state index contributed by atoms with van der Waals surface area (Å²) >= 11 is 0. The molecule has 5 nitrogen and oxygen atoms in total. The first-order chi connectivity index (χ1) is 7.72. The SMILES string of the molecule is CNC(Cc1ncnn1C)c1ccoc1C. The Bertz CT molecular complexity index is 460. The molecule has 0 amide bonds. The largest absolute Gasteiger partial charge is 0.469 e. The smallest absolute Gasteiger partial charge is 0.138 e. The van der Waals surface area contributed by atoms with E-state index in [0.717, 1.165) is 18.0 Å². The summed E-state index contributed by atoms with van der Waals surface area (Å²) in [5, 5.41) is 7.33. The van der Waals surface area contributed by atoms with Crippen molar-refractivity contribution in [2.45, 2.75) is 19.4 Å². The molecule has 0 fully saturated rings. The van der Waals surface area contributed by atoms with Crippen molar-refractivity contribution in [3.05, 3.63) is 35.8 Å². The van der Waals surface area contributed by atoms with Gasteiger partial charge in [0.1, 0.15) is 17.9 Å². The van der Waals surface area contributed by atoms with Gasteiger partial charge in [-0.3, -0.25) is 4.68 Å². The van der Waals surface area contributed by atoms with Crippen LogP contribution in [0.5, 0.6) is 0 Å². The van der Waals surface area contributed by atoms with Gasteiger partial charge in [0.2, 0.25) is 0 Å². The third-order valence-corrected chi connectivity index (χ3v) is 2.81. The van der Waals surface area contributed by atoms with Gasteiger partial charge in [-0.05, 0) is 20.0 Å². The van der Waals surface area contributed by atoms with Crippen LogP contribution in [0.1, 0.15) is 23.2 Å². The first-order valence-corrected chi connectivity index (χ1v) is 5.26. The van der Waals surface area contributed by atoms with E-state index in [4.69, 9.17) is 4.42 Å². The van der Waals surface area contributed by atoms with Crippen molar-refractivity contribution in [1.82, 2.24) is 20.1 Å². The van der Waals surface area contributed by atoms with Gasteiger partial charge in [0, 0.05) is 25.1 Å². The second-order valence-electron chi connectivity index (χ2n) is 3.78. The number of nitrogens with one attached hydrogen (secondary N) is 1. The Labute approximate surface area is 94.5 Å².